The van der Waals surface area contributed by atoms with Crippen LogP contribution in [0.2, 0.25) is 0 Å². The van der Waals surface area contributed by atoms with E-state index < -0.39 is 36.2 Å². The van der Waals surface area contributed by atoms with Gasteiger partial charge in [0.1, 0.15) is 23.5 Å². The molecule has 1 unspecified atom stereocenters. The number of carbonyl (C=O) groups excluding carboxylic acids is 1. The standard InChI is InChI=1S/C29H31F5N4O/c1-17-11-18(2)13-20(12-17)15-36-28(29(32,33)34)23-16-35-19(3)37-27(23)21-7-9-38(10-8-21)26(39)14-22-24(30)5-4-6-25(22)31/h4-6,11-13,16,21,28,36H,7-10,14-15H2,1-3H3. The van der Waals surface area contributed by atoms with Crippen molar-refractivity contribution in [3.8, 4) is 0 Å². The Balaban J connectivity index is 1.51. The van der Waals surface area contributed by atoms with Gasteiger partial charge in [-0.2, -0.15) is 13.2 Å². The Morgan fingerprint density at radius 3 is 2.26 bits per heavy atom. The molecule has 1 saturated heterocycles. The lowest BCUT2D eigenvalue weighted by Crippen LogP contribution is -2.40. The van der Waals surface area contributed by atoms with Gasteiger partial charge < -0.3 is 4.90 Å². The minimum absolute atomic E-state index is 0.0135. The van der Waals surface area contributed by atoms with Gasteiger partial charge in [-0.15, -0.1) is 0 Å². The first-order valence-corrected chi connectivity index (χ1v) is 12.8. The monoisotopic (exact) mass is 546 g/mol. The zero-order valence-corrected chi connectivity index (χ0v) is 22.1. The Bertz CT molecular complexity index is 1300. The third-order valence-electron chi connectivity index (χ3n) is 7.02. The zero-order valence-electron chi connectivity index (χ0n) is 22.1. The topological polar surface area (TPSA) is 58.1 Å². The molecule has 4 rings (SSSR count). The van der Waals surface area contributed by atoms with Gasteiger partial charge in [0.2, 0.25) is 5.91 Å². The van der Waals surface area contributed by atoms with Crippen LogP contribution in [0, 0.1) is 32.4 Å². The Labute approximate surface area is 224 Å². The summed E-state index contributed by atoms with van der Waals surface area (Å²) in [6, 6.07) is 7.11. The highest BCUT2D eigenvalue weighted by atomic mass is 19.4. The van der Waals surface area contributed by atoms with Crippen molar-refractivity contribution in [3.63, 3.8) is 0 Å². The van der Waals surface area contributed by atoms with E-state index in [1.54, 1.807) is 6.92 Å². The van der Waals surface area contributed by atoms with Crippen LogP contribution in [0.25, 0.3) is 0 Å². The second-order valence-corrected chi connectivity index (χ2v) is 10.1. The number of rotatable bonds is 7. The van der Waals surface area contributed by atoms with E-state index in [2.05, 4.69) is 15.3 Å². The van der Waals surface area contributed by atoms with Gasteiger partial charge in [0.25, 0.3) is 0 Å². The Hall–Kier alpha value is -3.40. The van der Waals surface area contributed by atoms with Gasteiger partial charge in [-0.3, -0.25) is 10.1 Å². The molecule has 2 aromatic carbocycles. The Kier molecular flexibility index (Phi) is 8.64. The van der Waals surface area contributed by atoms with Gasteiger partial charge in [0.15, 0.2) is 0 Å². The number of nitrogens with one attached hydrogen (secondary N) is 1. The Morgan fingerprint density at radius 2 is 1.67 bits per heavy atom. The van der Waals surface area contributed by atoms with Crippen molar-refractivity contribution in [1.29, 1.82) is 0 Å². The van der Waals surface area contributed by atoms with Crippen molar-refractivity contribution in [2.24, 2.45) is 0 Å². The largest absolute Gasteiger partial charge is 0.408 e. The lowest BCUT2D eigenvalue weighted by Gasteiger charge is -2.34. The van der Waals surface area contributed by atoms with Gasteiger partial charge in [0.05, 0.1) is 12.1 Å². The summed E-state index contributed by atoms with van der Waals surface area (Å²) in [5.41, 5.74) is 2.67. The molecular formula is C29H31F5N4O. The third kappa shape index (κ3) is 6.98. The van der Waals surface area contributed by atoms with Crippen molar-refractivity contribution in [3.05, 3.63) is 93.6 Å². The number of benzene rings is 2. The fourth-order valence-corrected chi connectivity index (χ4v) is 5.21. The number of halogens is 5. The maximum atomic E-state index is 14.3. The molecule has 1 fully saturated rings. The number of alkyl halides is 3. The number of nitrogens with zero attached hydrogens (tertiary/aromatic N) is 3. The normalized spacial score (nSPS) is 15.4. The second kappa shape index (κ2) is 11.8. The summed E-state index contributed by atoms with van der Waals surface area (Å²) in [6.07, 6.45) is -3.03. The highest BCUT2D eigenvalue weighted by Crippen LogP contribution is 2.38. The summed E-state index contributed by atoms with van der Waals surface area (Å²) in [4.78, 5) is 22.7. The number of carbonyl (C=O) groups is 1. The number of hydrogen-bond donors (Lipinski definition) is 1. The van der Waals surface area contributed by atoms with Gasteiger partial charge >= 0.3 is 6.18 Å². The first kappa shape index (κ1) is 28.6. The third-order valence-corrected chi connectivity index (χ3v) is 7.02. The van der Waals surface area contributed by atoms with Crippen molar-refractivity contribution < 1.29 is 26.7 Å². The molecule has 1 amide bonds. The number of likely N-dealkylation sites (tertiary alicyclic amines) is 1. The minimum Gasteiger partial charge on any atom is -0.342 e. The number of amides is 1. The molecule has 1 aromatic heterocycles. The van der Waals surface area contributed by atoms with Crippen LogP contribution in [-0.4, -0.2) is 40.0 Å². The molecule has 39 heavy (non-hydrogen) atoms. The van der Waals surface area contributed by atoms with E-state index in [-0.39, 0.29) is 36.7 Å². The molecule has 0 aliphatic carbocycles. The molecule has 0 radical (unpaired) electrons. The zero-order chi connectivity index (χ0) is 28.3. The van der Waals surface area contributed by atoms with Crippen LogP contribution in [0.5, 0.6) is 0 Å². The fraction of sp³-hybridized carbons (Fsp3) is 0.414. The van der Waals surface area contributed by atoms with Crippen LogP contribution in [0.4, 0.5) is 22.0 Å². The van der Waals surface area contributed by atoms with Crippen molar-refractivity contribution in [2.75, 3.05) is 13.1 Å². The Morgan fingerprint density at radius 1 is 1.05 bits per heavy atom. The predicted octanol–water partition coefficient (Wildman–Crippen LogP) is 6.02. The smallest absolute Gasteiger partial charge is 0.342 e. The maximum Gasteiger partial charge on any atom is 0.408 e. The minimum atomic E-state index is -4.59. The quantitative estimate of drug-likeness (QED) is 0.368. The van der Waals surface area contributed by atoms with Crippen molar-refractivity contribution in [2.45, 2.75) is 64.7 Å². The number of aromatic nitrogens is 2. The average Bonchev–Trinajstić information content (AvgIpc) is 2.86. The van der Waals surface area contributed by atoms with E-state index in [4.69, 9.17) is 0 Å². The molecule has 0 bridgehead atoms. The van der Waals surface area contributed by atoms with Crippen LogP contribution in [-0.2, 0) is 17.8 Å². The second-order valence-electron chi connectivity index (χ2n) is 10.1. The molecule has 0 saturated carbocycles. The summed E-state index contributed by atoms with van der Waals surface area (Å²) in [5, 5.41) is 2.67. The van der Waals surface area contributed by atoms with E-state index in [0.29, 0.717) is 24.4 Å². The molecule has 2 heterocycles. The van der Waals surface area contributed by atoms with E-state index in [0.717, 1.165) is 28.8 Å². The van der Waals surface area contributed by atoms with Crippen LogP contribution >= 0.6 is 0 Å². The number of hydrogen-bond acceptors (Lipinski definition) is 4. The molecule has 3 aromatic rings. The van der Waals surface area contributed by atoms with Crippen LogP contribution in [0.1, 0.15) is 64.1 Å². The number of aryl methyl sites for hydroxylation is 3. The first-order chi connectivity index (χ1) is 18.4. The lowest BCUT2D eigenvalue weighted by atomic mass is 9.88. The molecule has 0 spiro atoms. The molecule has 208 valence electrons. The summed E-state index contributed by atoms with van der Waals surface area (Å²) < 4.78 is 71.0. The molecule has 5 nitrogen and oxygen atoms in total. The van der Waals surface area contributed by atoms with E-state index >= 15 is 0 Å². The summed E-state index contributed by atoms with van der Waals surface area (Å²) in [5.74, 6) is -1.97. The van der Waals surface area contributed by atoms with Crippen LogP contribution < -0.4 is 5.32 Å². The van der Waals surface area contributed by atoms with Crippen LogP contribution in [0.3, 0.4) is 0 Å². The lowest BCUT2D eigenvalue weighted by molar-refractivity contribution is -0.158. The molecule has 1 aliphatic heterocycles. The molecule has 1 aliphatic rings. The van der Waals surface area contributed by atoms with Crippen molar-refractivity contribution >= 4 is 5.91 Å². The summed E-state index contributed by atoms with van der Waals surface area (Å²) >= 11 is 0. The van der Waals surface area contributed by atoms with E-state index in [1.165, 1.54) is 17.2 Å². The first-order valence-electron chi connectivity index (χ1n) is 12.8. The number of piperidine rings is 1. The summed E-state index contributed by atoms with van der Waals surface area (Å²) in [6.45, 7) is 5.92. The highest BCUT2D eigenvalue weighted by molar-refractivity contribution is 5.79. The van der Waals surface area contributed by atoms with E-state index in [1.807, 2.05) is 32.0 Å². The van der Waals surface area contributed by atoms with Gasteiger partial charge in [-0.1, -0.05) is 35.4 Å². The maximum absolute atomic E-state index is 14.3. The van der Waals surface area contributed by atoms with Gasteiger partial charge in [-0.05, 0) is 51.3 Å². The van der Waals surface area contributed by atoms with Crippen LogP contribution in [0.15, 0.2) is 42.6 Å². The van der Waals surface area contributed by atoms with Crippen molar-refractivity contribution in [1.82, 2.24) is 20.2 Å². The molecule has 1 atom stereocenters. The molecule has 10 heteroatoms. The van der Waals surface area contributed by atoms with Gasteiger partial charge in [-0.25, -0.2) is 18.7 Å². The fourth-order valence-electron chi connectivity index (χ4n) is 5.21. The predicted molar refractivity (Wildman–Crippen MR) is 137 cm³/mol. The summed E-state index contributed by atoms with van der Waals surface area (Å²) in [7, 11) is 0. The SMILES string of the molecule is Cc1cc(C)cc(CNC(c2cnc(C)nc2C2CCN(C(=O)Cc3c(F)cccc3F)CC2)C(F)(F)F)c1. The highest BCUT2D eigenvalue weighted by Gasteiger charge is 2.43. The molecule has 1 N–H and O–H groups in total. The van der Waals surface area contributed by atoms with Gasteiger partial charge in [0, 0.05) is 42.9 Å². The average molecular weight is 547 g/mol. The molecular weight excluding hydrogens is 515 g/mol. The van der Waals surface area contributed by atoms with E-state index in [9.17, 15) is 26.7 Å².